The highest BCUT2D eigenvalue weighted by Gasteiger charge is 2.19. The number of hydrogen-bond acceptors (Lipinski definition) is 5. The third kappa shape index (κ3) is 5.95. The van der Waals surface area contributed by atoms with E-state index in [1.54, 1.807) is 24.3 Å². The van der Waals surface area contributed by atoms with Crippen LogP contribution in [-0.4, -0.2) is 30.9 Å². The largest absolute Gasteiger partial charge is 0.482 e. The molecular formula is C21H23NO5. The molecule has 0 aromatic heterocycles. The lowest BCUT2D eigenvalue weighted by Gasteiger charge is -2.17. The molecule has 0 aliphatic carbocycles. The van der Waals surface area contributed by atoms with E-state index in [1.165, 1.54) is 6.92 Å². The Balaban J connectivity index is 1.86. The number of rotatable bonds is 8. The van der Waals surface area contributed by atoms with Gasteiger partial charge in [0.25, 0.3) is 5.91 Å². The maximum absolute atomic E-state index is 12.3. The molecule has 2 aromatic carbocycles. The topological polar surface area (TPSA) is 81.7 Å². The van der Waals surface area contributed by atoms with E-state index >= 15 is 0 Å². The van der Waals surface area contributed by atoms with Gasteiger partial charge < -0.3 is 14.8 Å². The Morgan fingerprint density at radius 2 is 1.70 bits per heavy atom. The first-order chi connectivity index (χ1) is 12.9. The SMILES string of the molecule is CC(C)c1ccccc1NC(=O)[C@@H](C)OC(=O)COc1ccc(C=O)cc1. The van der Waals surface area contributed by atoms with Gasteiger partial charge in [0.1, 0.15) is 12.0 Å². The van der Waals surface area contributed by atoms with E-state index in [0.29, 0.717) is 17.0 Å². The Hall–Kier alpha value is -3.15. The molecule has 0 radical (unpaired) electrons. The van der Waals surface area contributed by atoms with Gasteiger partial charge in [0.05, 0.1) is 0 Å². The van der Waals surface area contributed by atoms with Crippen LogP contribution in [0.2, 0.25) is 0 Å². The molecule has 0 spiro atoms. The fourth-order valence-electron chi connectivity index (χ4n) is 2.42. The quantitative estimate of drug-likeness (QED) is 0.568. The van der Waals surface area contributed by atoms with E-state index in [4.69, 9.17) is 9.47 Å². The molecule has 6 nitrogen and oxygen atoms in total. The first-order valence-electron chi connectivity index (χ1n) is 8.68. The highest BCUT2D eigenvalue weighted by molar-refractivity contribution is 5.95. The second kappa shape index (κ2) is 9.52. The van der Waals surface area contributed by atoms with E-state index in [1.807, 2.05) is 38.1 Å². The van der Waals surface area contributed by atoms with E-state index < -0.39 is 18.0 Å². The van der Waals surface area contributed by atoms with Crippen molar-refractivity contribution in [2.45, 2.75) is 32.8 Å². The van der Waals surface area contributed by atoms with Gasteiger partial charge in [-0.2, -0.15) is 0 Å². The molecule has 0 saturated heterocycles. The van der Waals surface area contributed by atoms with Crippen LogP contribution in [0.3, 0.4) is 0 Å². The fraction of sp³-hybridized carbons (Fsp3) is 0.286. The van der Waals surface area contributed by atoms with Crippen molar-refractivity contribution in [3.8, 4) is 5.75 Å². The molecule has 1 amide bonds. The summed E-state index contributed by atoms with van der Waals surface area (Å²) < 4.78 is 10.4. The lowest BCUT2D eigenvalue weighted by Crippen LogP contribution is -2.32. The zero-order chi connectivity index (χ0) is 19.8. The number of carbonyl (C=O) groups is 3. The van der Waals surface area contributed by atoms with E-state index in [0.717, 1.165) is 11.8 Å². The van der Waals surface area contributed by atoms with Gasteiger partial charge >= 0.3 is 5.97 Å². The Bertz CT molecular complexity index is 798. The van der Waals surface area contributed by atoms with Crippen molar-refractivity contribution in [3.63, 3.8) is 0 Å². The minimum atomic E-state index is -0.959. The number of para-hydroxylation sites is 1. The van der Waals surface area contributed by atoms with Crippen molar-refractivity contribution in [2.75, 3.05) is 11.9 Å². The number of amides is 1. The van der Waals surface area contributed by atoms with Crippen LogP contribution in [-0.2, 0) is 14.3 Å². The smallest absolute Gasteiger partial charge is 0.344 e. The zero-order valence-electron chi connectivity index (χ0n) is 15.6. The number of carbonyl (C=O) groups excluding carboxylic acids is 3. The summed E-state index contributed by atoms with van der Waals surface area (Å²) in [4.78, 5) is 34.8. The summed E-state index contributed by atoms with van der Waals surface area (Å²) in [6, 6.07) is 13.8. The fourth-order valence-corrected chi connectivity index (χ4v) is 2.42. The molecule has 0 unspecified atom stereocenters. The third-order valence-corrected chi connectivity index (χ3v) is 3.89. The predicted octanol–water partition coefficient (Wildman–Crippen LogP) is 3.57. The zero-order valence-corrected chi connectivity index (χ0v) is 15.6. The summed E-state index contributed by atoms with van der Waals surface area (Å²) in [6.45, 7) is 5.24. The molecule has 1 N–H and O–H groups in total. The van der Waals surface area contributed by atoms with Crippen molar-refractivity contribution in [1.82, 2.24) is 0 Å². The molecule has 1 atom stereocenters. The van der Waals surface area contributed by atoms with Crippen LogP contribution in [0.4, 0.5) is 5.69 Å². The van der Waals surface area contributed by atoms with Gasteiger partial charge in [-0.1, -0.05) is 32.0 Å². The lowest BCUT2D eigenvalue weighted by molar-refractivity contribution is -0.155. The first kappa shape index (κ1) is 20.2. The Labute approximate surface area is 158 Å². The van der Waals surface area contributed by atoms with Crippen molar-refractivity contribution in [1.29, 1.82) is 0 Å². The summed E-state index contributed by atoms with van der Waals surface area (Å²) in [7, 11) is 0. The second-order valence-corrected chi connectivity index (χ2v) is 6.34. The summed E-state index contributed by atoms with van der Waals surface area (Å²) in [5, 5.41) is 2.79. The van der Waals surface area contributed by atoms with Crippen molar-refractivity contribution >= 4 is 23.9 Å². The standard InChI is InChI=1S/C21H23NO5/c1-14(2)18-6-4-5-7-19(18)22-21(25)15(3)27-20(24)13-26-17-10-8-16(12-23)9-11-17/h4-12,14-15H,13H2,1-3H3,(H,22,25)/t15-/m1/s1. The second-order valence-electron chi connectivity index (χ2n) is 6.34. The Morgan fingerprint density at radius 3 is 2.33 bits per heavy atom. The highest BCUT2D eigenvalue weighted by atomic mass is 16.6. The minimum absolute atomic E-state index is 0.248. The van der Waals surface area contributed by atoms with Gasteiger partial charge in [-0.3, -0.25) is 9.59 Å². The summed E-state index contributed by atoms with van der Waals surface area (Å²) in [5.74, 6) is -0.389. The monoisotopic (exact) mass is 369 g/mol. The maximum atomic E-state index is 12.3. The molecule has 0 aliphatic rings. The number of nitrogens with one attached hydrogen (secondary N) is 1. The van der Waals surface area contributed by atoms with Crippen molar-refractivity contribution in [2.24, 2.45) is 0 Å². The van der Waals surface area contributed by atoms with Crippen LogP contribution < -0.4 is 10.1 Å². The summed E-state index contributed by atoms with van der Waals surface area (Å²) in [6.07, 6.45) is -0.241. The van der Waals surface area contributed by atoms with Crippen molar-refractivity contribution in [3.05, 3.63) is 59.7 Å². The molecule has 0 bridgehead atoms. The minimum Gasteiger partial charge on any atom is -0.482 e. The van der Waals surface area contributed by atoms with E-state index in [-0.39, 0.29) is 12.5 Å². The van der Waals surface area contributed by atoms with Crippen molar-refractivity contribution < 1.29 is 23.9 Å². The van der Waals surface area contributed by atoms with Gasteiger partial charge in [-0.05, 0) is 48.7 Å². The van der Waals surface area contributed by atoms with E-state index in [9.17, 15) is 14.4 Å². The Morgan fingerprint density at radius 1 is 1.04 bits per heavy atom. The molecule has 6 heteroatoms. The molecule has 27 heavy (non-hydrogen) atoms. The summed E-state index contributed by atoms with van der Waals surface area (Å²) in [5.41, 5.74) is 2.22. The molecule has 142 valence electrons. The van der Waals surface area contributed by atoms with Gasteiger partial charge in [-0.15, -0.1) is 0 Å². The lowest BCUT2D eigenvalue weighted by atomic mass is 10.0. The third-order valence-electron chi connectivity index (χ3n) is 3.89. The maximum Gasteiger partial charge on any atom is 0.344 e. The number of ether oxygens (including phenoxy) is 2. The predicted molar refractivity (Wildman–Crippen MR) is 102 cm³/mol. The molecular weight excluding hydrogens is 346 g/mol. The van der Waals surface area contributed by atoms with Gasteiger partial charge in [-0.25, -0.2) is 4.79 Å². The molecule has 0 aliphatic heterocycles. The molecule has 2 aromatic rings. The van der Waals surface area contributed by atoms with Crippen LogP contribution in [0.15, 0.2) is 48.5 Å². The van der Waals surface area contributed by atoms with Crippen LogP contribution in [0.1, 0.15) is 42.6 Å². The molecule has 0 saturated carbocycles. The number of benzene rings is 2. The van der Waals surface area contributed by atoms with E-state index in [2.05, 4.69) is 5.32 Å². The Kier molecular flexibility index (Phi) is 7.11. The number of hydrogen-bond donors (Lipinski definition) is 1. The summed E-state index contributed by atoms with van der Waals surface area (Å²) >= 11 is 0. The molecule has 0 fully saturated rings. The molecule has 0 heterocycles. The first-order valence-corrected chi connectivity index (χ1v) is 8.68. The number of aldehydes is 1. The normalized spacial score (nSPS) is 11.6. The van der Waals surface area contributed by atoms with Gasteiger partial charge in [0, 0.05) is 11.3 Å². The molecule has 2 rings (SSSR count). The van der Waals surface area contributed by atoms with Gasteiger partial charge in [0.2, 0.25) is 0 Å². The van der Waals surface area contributed by atoms with Crippen LogP contribution in [0, 0.1) is 0 Å². The number of esters is 1. The average Bonchev–Trinajstić information content (AvgIpc) is 2.67. The van der Waals surface area contributed by atoms with Gasteiger partial charge in [0.15, 0.2) is 12.7 Å². The van der Waals surface area contributed by atoms with Crippen LogP contribution in [0.5, 0.6) is 5.75 Å². The van der Waals surface area contributed by atoms with Crippen LogP contribution >= 0.6 is 0 Å². The average molecular weight is 369 g/mol. The van der Waals surface area contributed by atoms with Crippen LogP contribution in [0.25, 0.3) is 0 Å². The highest BCUT2D eigenvalue weighted by Crippen LogP contribution is 2.23. The number of anilines is 1.